The van der Waals surface area contributed by atoms with Crippen molar-refractivity contribution < 1.29 is 29.3 Å². The molecule has 25 heavy (non-hydrogen) atoms. The zero-order valence-corrected chi connectivity index (χ0v) is 13.0. The topological polar surface area (TPSA) is 119 Å². The lowest BCUT2D eigenvalue weighted by atomic mass is 10.1. The standard InChI is InChI=1S/C18H15NO6/c20-16(10-1-2-10)19-11-3-5-12(6-4-11)25-13-7-8-14(17(21)22)15(9-13)18(23)24/h3-10H,1-2H2,(H,19,20)(H,21,22)(H,23,24)/p-2. The summed E-state index contributed by atoms with van der Waals surface area (Å²) in [6.07, 6.45) is 1.82. The first kappa shape index (κ1) is 16.5. The maximum Gasteiger partial charge on any atom is 0.227 e. The second-order valence-corrected chi connectivity index (χ2v) is 5.67. The smallest absolute Gasteiger partial charge is 0.227 e. The van der Waals surface area contributed by atoms with Crippen LogP contribution in [-0.4, -0.2) is 17.8 Å². The summed E-state index contributed by atoms with van der Waals surface area (Å²) in [6.45, 7) is 0. The van der Waals surface area contributed by atoms with Crippen molar-refractivity contribution in [3.8, 4) is 11.5 Å². The number of aromatic carboxylic acids is 2. The SMILES string of the molecule is O=C([O-])c1ccc(Oc2ccc(NC(=O)C3CC3)cc2)cc1C(=O)[O-]. The summed E-state index contributed by atoms with van der Waals surface area (Å²) >= 11 is 0. The van der Waals surface area contributed by atoms with Crippen molar-refractivity contribution in [1.29, 1.82) is 0 Å². The van der Waals surface area contributed by atoms with Crippen LogP contribution in [0.3, 0.4) is 0 Å². The van der Waals surface area contributed by atoms with Crippen LogP contribution in [0, 0.1) is 5.92 Å². The number of amides is 1. The molecule has 1 aliphatic carbocycles. The Balaban J connectivity index is 1.73. The van der Waals surface area contributed by atoms with Gasteiger partial charge >= 0.3 is 0 Å². The molecule has 0 saturated heterocycles. The highest BCUT2D eigenvalue weighted by Gasteiger charge is 2.29. The van der Waals surface area contributed by atoms with Gasteiger partial charge in [0.15, 0.2) is 0 Å². The fourth-order valence-electron chi connectivity index (χ4n) is 2.27. The Kier molecular flexibility index (Phi) is 4.38. The number of anilines is 1. The van der Waals surface area contributed by atoms with Gasteiger partial charge in [0.25, 0.3) is 0 Å². The van der Waals surface area contributed by atoms with Crippen LogP contribution >= 0.6 is 0 Å². The predicted molar refractivity (Wildman–Crippen MR) is 83.0 cm³/mol. The number of nitrogens with one attached hydrogen (secondary N) is 1. The summed E-state index contributed by atoms with van der Waals surface area (Å²) in [4.78, 5) is 33.6. The number of benzene rings is 2. The van der Waals surface area contributed by atoms with E-state index in [0.29, 0.717) is 11.4 Å². The molecule has 1 N–H and O–H groups in total. The highest BCUT2D eigenvalue weighted by Crippen LogP contribution is 2.31. The normalized spacial score (nSPS) is 13.1. The largest absolute Gasteiger partial charge is 0.545 e. The summed E-state index contributed by atoms with van der Waals surface area (Å²) in [6, 6.07) is 9.99. The molecule has 0 aromatic heterocycles. The molecule has 0 unspecified atom stereocenters. The summed E-state index contributed by atoms with van der Waals surface area (Å²) in [7, 11) is 0. The molecule has 128 valence electrons. The number of rotatable bonds is 6. The Hall–Kier alpha value is -3.35. The molecular weight excluding hydrogens is 326 g/mol. The zero-order valence-electron chi connectivity index (χ0n) is 13.0. The van der Waals surface area contributed by atoms with E-state index < -0.39 is 23.1 Å². The number of carboxylic acids is 2. The molecule has 2 aromatic carbocycles. The van der Waals surface area contributed by atoms with E-state index in [4.69, 9.17) is 4.74 Å². The molecule has 0 atom stereocenters. The molecule has 1 amide bonds. The first-order valence-electron chi connectivity index (χ1n) is 7.59. The molecule has 1 fully saturated rings. The van der Waals surface area contributed by atoms with E-state index in [2.05, 4.69) is 5.32 Å². The molecule has 3 rings (SSSR count). The van der Waals surface area contributed by atoms with Crippen molar-refractivity contribution in [2.24, 2.45) is 5.92 Å². The van der Waals surface area contributed by atoms with Gasteiger partial charge < -0.3 is 29.9 Å². The number of carbonyl (C=O) groups is 3. The number of carboxylic acid groups (broad SMARTS) is 2. The molecule has 7 nitrogen and oxygen atoms in total. The lowest BCUT2D eigenvalue weighted by molar-refractivity contribution is -0.259. The average Bonchev–Trinajstić information content (AvgIpc) is 3.41. The van der Waals surface area contributed by atoms with Crippen LogP contribution in [0.2, 0.25) is 0 Å². The van der Waals surface area contributed by atoms with E-state index in [1.807, 2.05) is 0 Å². The van der Waals surface area contributed by atoms with Gasteiger partial charge in [-0.15, -0.1) is 0 Å². The minimum atomic E-state index is -1.64. The van der Waals surface area contributed by atoms with Gasteiger partial charge in [0.05, 0.1) is 11.9 Å². The van der Waals surface area contributed by atoms with Crippen LogP contribution < -0.4 is 20.3 Å². The minimum Gasteiger partial charge on any atom is -0.545 e. The van der Waals surface area contributed by atoms with Gasteiger partial charge in [0.1, 0.15) is 11.5 Å². The number of hydrogen-bond acceptors (Lipinski definition) is 6. The molecule has 0 radical (unpaired) electrons. The Bertz CT molecular complexity index is 839. The van der Waals surface area contributed by atoms with E-state index in [1.54, 1.807) is 24.3 Å². The van der Waals surface area contributed by atoms with Crippen LogP contribution in [0.5, 0.6) is 11.5 Å². The lowest BCUT2D eigenvalue weighted by Gasteiger charge is -2.14. The van der Waals surface area contributed by atoms with Crippen molar-refractivity contribution in [3.05, 3.63) is 53.6 Å². The Labute approximate surface area is 142 Å². The van der Waals surface area contributed by atoms with E-state index in [-0.39, 0.29) is 17.6 Å². The van der Waals surface area contributed by atoms with E-state index >= 15 is 0 Å². The Morgan fingerprint density at radius 3 is 2.04 bits per heavy atom. The van der Waals surface area contributed by atoms with E-state index in [1.165, 1.54) is 6.07 Å². The third kappa shape index (κ3) is 3.95. The molecule has 0 aliphatic heterocycles. The molecule has 0 heterocycles. The van der Waals surface area contributed by atoms with Crippen molar-refractivity contribution in [2.75, 3.05) is 5.32 Å². The van der Waals surface area contributed by atoms with Gasteiger partial charge in [-0.05, 0) is 55.3 Å². The summed E-state index contributed by atoms with van der Waals surface area (Å²) < 4.78 is 5.51. The summed E-state index contributed by atoms with van der Waals surface area (Å²) in [5.41, 5.74) is -0.372. The Morgan fingerprint density at radius 2 is 1.48 bits per heavy atom. The van der Waals surface area contributed by atoms with Gasteiger partial charge in [-0.25, -0.2) is 0 Å². The molecular formula is C18H13NO6-2. The third-order valence-electron chi connectivity index (χ3n) is 3.74. The van der Waals surface area contributed by atoms with Gasteiger partial charge in [-0.1, -0.05) is 0 Å². The van der Waals surface area contributed by atoms with Gasteiger partial charge in [-0.2, -0.15) is 0 Å². The van der Waals surface area contributed by atoms with Crippen LogP contribution in [0.25, 0.3) is 0 Å². The molecule has 1 saturated carbocycles. The minimum absolute atomic E-state index is 0.00913. The Morgan fingerprint density at radius 1 is 0.880 bits per heavy atom. The second kappa shape index (κ2) is 6.64. The van der Waals surface area contributed by atoms with Crippen molar-refractivity contribution in [3.63, 3.8) is 0 Å². The monoisotopic (exact) mass is 339 g/mol. The van der Waals surface area contributed by atoms with Crippen molar-refractivity contribution >= 4 is 23.5 Å². The maximum atomic E-state index is 11.7. The average molecular weight is 339 g/mol. The molecule has 7 heteroatoms. The first-order chi connectivity index (χ1) is 11.9. The predicted octanol–water partition coefficient (Wildman–Crippen LogP) is 0.554. The number of carbonyl (C=O) groups excluding carboxylic acids is 3. The lowest BCUT2D eigenvalue weighted by Crippen LogP contribution is -2.30. The molecule has 2 aromatic rings. The number of ether oxygens (including phenoxy) is 1. The highest BCUT2D eigenvalue weighted by molar-refractivity contribution is 6.00. The van der Waals surface area contributed by atoms with Gasteiger partial charge in [0.2, 0.25) is 5.91 Å². The third-order valence-corrected chi connectivity index (χ3v) is 3.74. The highest BCUT2D eigenvalue weighted by atomic mass is 16.5. The van der Waals surface area contributed by atoms with Crippen LogP contribution in [0.1, 0.15) is 33.6 Å². The van der Waals surface area contributed by atoms with Crippen LogP contribution in [0.4, 0.5) is 5.69 Å². The summed E-state index contributed by atoms with van der Waals surface area (Å²) in [5.74, 6) is -2.62. The number of hydrogen-bond donors (Lipinski definition) is 1. The van der Waals surface area contributed by atoms with E-state index in [0.717, 1.165) is 25.0 Å². The van der Waals surface area contributed by atoms with Crippen molar-refractivity contribution in [2.45, 2.75) is 12.8 Å². The maximum absolute atomic E-state index is 11.7. The molecule has 0 bridgehead atoms. The van der Waals surface area contributed by atoms with E-state index in [9.17, 15) is 24.6 Å². The zero-order chi connectivity index (χ0) is 18.0. The van der Waals surface area contributed by atoms with Crippen LogP contribution in [0.15, 0.2) is 42.5 Å². The van der Waals surface area contributed by atoms with Crippen LogP contribution in [-0.2, 0) is 4.79 Å². The second-order valence-electron chi connectivity index (χ2n) is 5.67. The fraction of sp³-hybridized carbons (Fsp3) is 0.167. The molecule has 0 spiro atoms. The molecule has 1 aliphatic rings. The van der Waals surface area contributed by atoms with Gasteiger partial charge in [0, 0.05) is 22.7 Å². The van der Waals surface area contributed by atoms with Gasteiger partial charge in [-0.3, -0.25) is 4.79 Å². The van der Waals surface area contributed by atoms with Crippen molar-refractivity contribution in [1.82, 2.24) is 0 Å². The summed E-state index contributed by atoms with van der Waals surface area (Å²) in [5, 5.41) is 24.7. The fourth-order valence-corrected chi connectivity index (χ4v) is 2.27. The first-order valence-corrected chi connectivity index (χ1v) is 7.59. The quantitative estimate of drug-likeness (QED) is 0.821.